The fraction of sp³-hybridized carbons (Fsp3) is 0.158. The Bertz CT molecular complexity index is 963. The number of carbonyl (C=O) groups excluding carboxylic acids is 2. The van der Waals surface area contributed by atoms with Crippen molar-refractivity contribution in [3.8, 4) is 11.5 Å². The van der Waals surface area contributed by atoms with Gasteiger partial charge in [0.15, 0.2) is 5.82 Å². The fourth-order valence-corrected chi connectivity index (χ4v) is 2.58. The van der Waals surface area contributed by atoms with Crippen LogP contribution in [0.25, 0.3) is 11.5 Å². The third-order valence-corrected chi connectivity index (χ3v) is 3.90. The van der Waals surface area contributed by atoms with Crippen molar-refractivity contribution in [3.63, 3.8) is 0 Å². The van der Waals surface area contributed by atoms with Crippen LogP contribution in [0.4, 0.5) is 5.69 Å². The van der Waals surface area contributed by atoms with Gasteiger partial charge in [-0.2, -0.15) is 0 Å². The second-order valence-electron chi connectivity index (χ2n) is 5.86. The minimum atomic E-state index is -0.392. The Morgan fingerprint density at radius 2 is 1.92 bits per heavy atom. The van der Waals surface area contributed by atoms with Crippen molar-refractivity contribution in [2.24, 2.45) is 7.05 Å². The average molecular weight is 349 g/mol. The van der Waals surface area contributed by atoms with Crippen molar-refractivity contribution in [3.05, 3.63) is 65.6 Å². The lowest BCUT2D eigenvalue weighted by atomic mass is 10.1. The maximum atomic E-state index is 12.6. The summed E-state index contributed by atoms with van der Waals surface area (Å²) in [6.07, 6.45) is 3.30. The van der Waals surface area contributed by atoms with E-state index in [1.54, 1.807) is 43.2 Å². The molecular weight excluding hydrogens is 330 g/mol. The SMILES string of the molecule is CNC(=O)c1cc(C)ccc1NC(=O)c1cn(C)c(-c2ccccn2)n1. The first kappa shape index (κ1) is 17.3. The van der Waals surface area contributed by atoms with Crippen molar-refractivity contribution < 1.29 is 9.59 Å². The van der Waals surface area contributed by atoms with Crippen LogP contribution in [0.3, 0.4) is 0 Å². The van der Waals surface area contributed by atoms with Gasteiger partial charge in [-0.05, 0) is 31.2 Å². The van der Waals surface area contributed by atoms with Crippen molar-refractivity contribution in [2.75, 3.05) is 12.4 Å². The van der Waals surface area contributed by atoms with Crippen LogP contribution in [-0.4, -0.2) is 33.4 Å². The molecule has 0 bridgehead atoms. The average Bonchev–Trinajstić information content (AvgIpc) is 3.05. The van der Waals surface area contributed by atoms with E-state index >= 15 is 0 Å². The molecule has 7 heteroatoms. The molecule has 26 heavy (non-hydrogen) atoms. The zero-order valence-corrected chi connectivity index (χ0v) is 14.8. The summed E-state index contributed by atoms with van der Waals surface area (Å²) < 4.78 is 1.74. The fourth-order valence-electron chi connectivity index (χ4n) is 2.58. The van der Waals surface area contributed by atoms with E-state index < -0.39 is 5.91 Å². The molecule has 2 N–H and O–H groups in total. The molecule has 3 rings (SSSR count). The normalized spacial score (nSPS) is 10.4. The Kier molecular flexibility index (Phi) is 4.79. The number of imidazole rings is 1. The summed E-state index contributed by atoms with van der Waals surface area (Å²) in [7, 11) is 3.35. The van der Waals surface area contributed by atoms with Crippen molar-refractivity contribution >= 4 is 17.5 Å². The zero-order chi connectivity index (χ0) is 18.7. The summed E-state index contributed by atoms with van der Waals surface area (Å²) in [4.78, 5) is 33.3. The molecule has 2 aromatic heterocycles. The van der Waals surface area contributed by atoms with Gasteiger partial charge in [-0.25, -0.2) is 4.98 Å². The van der Waals surface area contributed by atoms with Crippen molar-refractivity contribution in [1.29, 1.82) is 0 Å². The number of nitrogens with zero attached hydrogens (tertiary/aromatic N) is 3. The molecule has 0 saturated heterocycles. The summed E-state index contributed by atoms with van der Waals surface area (Å²) in [6, 6.07) is 10.8. The molecule has 2 heterocycles. The van der Waals surface area contributed by atoms with E-state index in [0.29, 0.717) is 22.8 Å². The van der Waals surface area contributed by atoms with E-state index in [9.17, 15) is 9.59 Å². The van der Waals surface area contributed by atoms with E-state index in [0.717, 1.165) is 5.56 Å². The topological polar surface area (TPSA) is 88.9 Å². The third-order valence-electron chi connectivity index (χ3n) is 3.90. The molecule has 3 aromatic rings. The largest absolute Gasteiger partial charge is 0.355 e. The summed E-state index contributed by atoms with van der Waals surface area (Å²) >= 11 is 0. The summed E-state index contributed by atoms with van der Waals surface area (Å²) in [5.41, 5.74) is 2.69. The Balaban J connectivity index is 1.89. The lowest BCUT2D eigenvalue weighted by Crippen LogP contribution is -2.21. The molecule has 0 radical (unpaired) electrons. The van der Waals surface area contributed by atoms with E-state index in [2.05, 4.69) is 20.6 Å². The third kappa shape index (κ3) is 3.46. The van der Waals surface area contributed by atoms with Crippen molar-refractivity contribution in [2.45, 2.75) is 6.92 Å². The summed E-state index contributed by atoms with van der Waals surface area (Å²) in [6.45, 7) is 1.88. The van der Waals surface area contributed by atoms with Gasteiger partial charge in [-0.15, -0.1) is 0 Å². The number of carbonyl (C=O) groups is 2. The lowest BCUT2D eigenvalue weighted by molar-refractivity contribution is 0.0964. The monoisotopic (exact) mass is 349 g/mol. The standard InChI is InChI=1S/C19H19N5O2/c1-12-7-8-14(13(10-12)18(25)20-2)23-19(26)16-11-24(3)17(22-16)15-6-4-5-9-21-15/h4-11H,1-3H3,(H,20,25)(H,23,26). The van der Waals surface area contributed by atoms with Gasteiger partial charge < -0.3 is 15.2 Å². The van der Waals surface area contributed by atoms with Gasteiger partial charge >= 0.3 is 0 Å². The van der Waals surface area contributed by atoms with Gasteiger partial charge in [-0.1, -0.05) is 17.7 Å². The van der Waals surface area contributed by atoms with Gasteiger partial charge in [0.25, 0.3) is 11.8 Å². The Hall–Kier alpha value is -3.48. The van der Waals surface area contributed by atoms with Crippen LogP contribution < -0.4 is 10.6 Å². The lowest BCUT2D eigenvalue weighted by Gasteiger charge is -2.10. The molecule has 132 valence electrons. The first-order chi connectivity index (χ1) is 12.5. The predicted octanol–water partition coefficient (Wildman–Crippen LogP) is 2.40. The molecule has 0 fully saturated rings. The Morgan fingerprint density at radius 3 is 2.62 bits per heavy atom. The van der Waals surface area contributed by atoms with Crippen LogP contribution in [0.1, 0.15) is 26.4 Å². The van der Waals surface area contributed by atoms with Gasteiger partial charge in [0.05, 0.1) is 11.3 Å². The molecule has 0 spiro atoms. The first-order valence-electron chi connectivity index (χ1n) is 8.08. The van der Waals surface area contributed by atoms with Crippen LogP contribution in [0.15, 0.2) is 48.8 Å². The number of rotatable bonds is 4. The van der Waals surface area contributed by atoms with E-state index in [1.807, 2.05) is 31.2 Å². The minimum absolute atomic E-state index is 0.247. The molecule has 1 aromatic carbocycles. The van der Waals surface area contributed by atoms with Crippen molar-refractivity contribution in [1.82, 2.24) is 19.9 Å². The van der Waals surface area contributed by atoms with Crippen LogP contribution >= 0.6 is 0 Å². The maximum Gasteiger partial charge on any atom is 0.275 e. The number of benzene rings is 1. The molecule has 0 saturated carbocycles. The summed E-state index contributed by atoms with van der Waals surface area (Å²) in [5.74, 6) is -0.0674. The molecule has 0 aliphatic carbocycles. The highest BCUT2D eigenvalue weighted by molar-refractivity contribution is 6.08. The van der Waals surface area contributed by atoms with Crippen LogP contribution in [-0.2, 0) is 7.05 Å². The predicted molar refractivity (Wildman–Crippen MR) is 99.0 cm³/mol. The molecular formula is C19H19N5O2. The van der Waals surface area contributed by atoms with E-state index in [1.165, 1.54) is 0 Å². The van der Waals surface area contributed by atoms with Crippen LogP contribution in [0.5, 0.6) is 0 Å². The number of nitrogens with one attached hydrogen (secondary N) is 2. The highest BCUT2D eigenvalue weighted by atomic mass is 16.2. The number of amides is 2. The second-order valence-corrected chi connectivity index (χ2v) is 5.86. The van der Waals surface area contributed by atoms with E-state index in [-0.39, 0.29) is 11.6 Å². The number of hydrogen-bond acceptors (Lipinski definition) is 4. The van der Waals surface area contributed by atoms with Gasteiger partial charge in [0.2, 0.25) is 0 Å². The maximum absolute atomic E-state index is 12.6. The molecule has 0 unspecified atom stereocenters. The number of pyridine rings is 1. The molecule has 2 amide bonds. The van der Waals surface area contributed by atoms with Crippen LogP contribution in [0, 0.1) is 6.92 Å². The molecule has 7 nitrogen and oxygen atoms in total. The number of aromatic nitrogens is 3. The molecule has 0 aliphatic heterocycles. The highest BCUT2D eigenvalue weighted by Crippen LogP contribution is 2.20. The number of aryl methyl sites for hydroxylation is 2. The first-order valence-corrected chi connectivity index (χ1v) is 8.08. The van der Waals surface area contributed by atoms with Gasteiger partial charge in [0, 0.05) is 26.5 Å². The Labute approximate surface area is 151 Å². The zero-order valence-electron chi connectivity index (χ0n) is 14.8. The Morgan fingerprint density at radius 1 is 1.12 bits per heavy atom. The smallest absolute Gasteiger partial charge is 0.275 e. The number of anilines is 1. The quantitative estimate of drug-likeness (QED) is 0.757. The molecule has 0 aliphatic rings. The summed E-state index contributed by atoms with van der Waals surface area (Å²) in [5, 5.41) is 5.34. The van der Waals surface area contributed by atoms with Crippen LogP contribution in [0.2, 0.25) is 0 Å². The minimum Gasteiger partial charge on any atom is -0.355 e. The van der Waals surface area contributed by atoms with Gasteiger partial charge in [-0.3, -0.25) is 14.6 Å². The highest BCUT2D eigenvalue weighted by Gasteiger charge is 2.17. The van der Waals surface area contributed by atoms with E-state index in [4.69, 9.17) is 0 Å². The second kappa shape index (κ2) is 7.18. The van der Waals surface area contributed by atoms with Gasteiger partial charge in [0.1, 0.15) is 11.4 Å². The molecule has 0 atom stereocenters. The number of hydrogen-bond donors (Lipinski definition) is 2.